The largest absolute Gasteiger partial charge is 0.480 e. The summed E-state index contributed by atoms with van der Waals surface area (Å²) in [5.74, 6) is 1.68. The highest BCUT2D eigenvalue weighted by molar-refractivity contribution is 7.99. The van der Waals surface area contributed by atoms with Gasteiger partial charge in [0, 0.05) is 17.8 Å². The lowest BCUT2D eigenvalue weighted by molar-refractivity contribution is -0.145. The molecule has 6 heteroatoms. The zero-order valence-corrected chi connectivity index (χ0v) is 13.1. The number of amides is 2. The molecule has 0 spiro atoms. The number of hydrogen-bond donors (Lipinski definition) is 2. The molecule has 0 radical (unpaired) electrons. The number of carbonyl (C=O) groups is 2. The number of carboxylic acids is 1. The summed E-state index contributed by atoms with van der Waals surface area (Å²) in [7, 11) is 0. The summed E-state index contributed by atoms with van der Waals surface area (Å²) in [6.07, 6.45) is 6.97. The SMILES string of the molecule is O=C(O)C1CCC2CCCCC2N1C(=O)NC1CCSC1. The van der Waals surface area contributed by atoms with Crippen molar-refractivity contribution in [2.75, 3.05) is 11.5 Å². The van der Waals surface area contributed by atoms with Gasteiger partial charge in [-0.3, -0.25) is 0 Å². The Morgan fingerprint density at radius 1 is 1.10 bits per heavy atom. The molecule has 0 aromatic heterocycles. The lowest BCUT2D eigenvalue weighted by Gasteiger charge is -2.47. The van der Waals surface area contributed by atoms with E-state index in [1.165, 1.54) is 6.42 Å². The fourth-order valence-corrected chi connectivity index (χ4v) is 5.22. The van der Waals surface area contributed by atoms with Crippen molar-refractivity contribution in [3.05, 3.63) is 0 Å². The minimum Gasteiger partial charge on any atom is -0.480 e. The van der Waals surface area contributed by atoms with Crippen LogP contribution in [-0.4, -0.2) is 51.6 Å². The average Bonchev–Trinajstić information content (AvgIpc) is 2.98. The van der Waals surface area contributed by atoms with Gasteiger partial charge in [0.15, 0.2) is 0 Å². The Morgan fingerprint density at radius 2 is 1.90 bits per heavy atom. The van der Waals surface area contributed by atoms with Crippen molar-refractivity contribution in [3.8, 4) is 0 Å². The van der Waals surface area contributed by atoms with Crippen LogP contribution in [0.15, 0.2) is 0 Å². The van der Waals surface area contributed by atoms with Crippen LogP contribution in [0.4, 0.5) is 4.79 Å². The topological polar surface area (TPSA) is 69.6 Å². The molecule has 0 aromatic carbocycles. The van der Waals surface area contributed by atoms with E-state index >= 15 is 0 Å². The average molecular weight is 312 g/mol. The second-order valence-electron chi connectivity index (χ2n) is 6.46. The molecule has 2 amide bonds. The van der Waals surface area contributed by atoms with Gasteiger partial charge in [0.05, 0.1) is 0 Å². The van der Waals surface area contributed by atoms with Crippen LogP contribution in [0.3, 0.4) is 0 Å². The van der Waals surface area contributed by atoms with E-state index in [0.717, 1.165) is 43.6 Å². The van der Waals surface area contributed by atoms with Gasteiger partial charge in [-0.15, -0.1) is 0 Å². The number of urea groups is 1. The van der Waals surface area contributed by atoms with Gasteiger partial charge in [-0.25, -0.2) is 9.59 Å². The lowest BCUT2D eigenvalue weighted by atomic mass is 9.76. The summed E-state index contributed by atoms with van der Waals surface area (Å²) in [6.45, 7) is 0. The normalized spacial score (nSPS) is 36.1. The number of rotatable bonds is 2. The van der Waals surface area contributed by atoms with Crippen molar-refractivity contribution in [2.45, 2.75) is 63.1 Å². The van der Waals surface area contributed by atoms with E-state index in [9.17, 15) is 14.7 Å². The lowest BCUT2D eigenvalue weighted by Crippen LogP contribution is -2.61. The van der Waals surface area contributed by atoms with E-state index < -0.39 is 12.0 Å². The molecule has 1 saturated carbocycles. The quantitative estimate of drug-likeness (QED) is 0.821. The number of fused-ring (bicyclic) bond motifs is 1. The van der Waals surface area contributed by atoms with E-state index in [-0.39, 0.29) is 18.1 Å². The van der Waals surface area contributed by atoms with Gasteiger partial charge in [-0.2, -0.15) is 11.8 Å². The van der Waals surface area contributed by atoms with Crippen LogP contribution < -0.4 is 5.32 Å². The third-order valence-electron chi connectivity index (χ3n) is 5.15. The summed E-state index contributed by atoms with van der Waals surface area (Å²) in [4.78, 5) is 25.9. The van der Waals surface area contributed by atoms with Crippen molar-refractivity contribution in [1.29, 1.82) is 0 Å². The first-order valence-corrected chi connectivity index (χ1v) is 9.21. The number of carboxylic acid groups (broad SMARTS) is 1. The van der Waals surface area contributed by atoms with E-state index in [1.54, 1.807) is 4.90 Å². The number of likely N-dealkylation sites (tertiary alicyclic amines) is 1. The van der Waals surface area contributed by atoms with Crippen LogP contribution in [-0.2, 0) is 4.79 Å². The Balaban J connectivity index is 1.74. The van der Waals surface area contributed by atoms with Gasteiger partial charge >= 0.3 is 12.0 Å². The Hall–Kier alpha value is -0.910. The van der Waals surface area contributed by atoms with E-state index in [2.05, 4.69) is 5.32 Å². The summed E-state index contributed by atoms with van der Waals surface area (Å²) < 4.78 is 0. The minimum absolute atomic E-state index is 0.127. The van der Waals surface area contributed by atoms with Gasteiger partial charge in [0.25, 0.3) is 0 Å². The molecule has 2 heterocycles. The Bertz CT molecular complexity index is 412. The van der Waals surface area contributed by atoms with Gasteiger partial charge < -0.3 is 15.3 Å². The molecule has 4 atom stereocenters. The van der Waals surface area contributed by atoms with Crippen molar-refractivity contribution >= 4 is 23.8 Å². The first-order valence-electron chi connectivity index (χ1n) is 8.06. The van der Waals surface area contributed by atoms with Crippen LogP contribution in [0.2, 0.25) is 0 Å². The molecule has 0 aromatic rings. The molecule has 5 nitrogen and oxygen atoms in total. The molecule has 0 bridgehead atoms. The summed E-state index contributed by atoms with van der Waals surface area (Å²) in [5.41, 5.74) is 0. The number of nitrogens with one attached hydrogen (secondary N) is 1. The molecule has 21 heavy (non-hydrogen) atoms. The molecule has 3 rings (SSSR count). The van der Waals surface area contributed by atoms with Crippen LogP contribution in [0.25, 0.3) is 0 Å². The molecule has 118 valence electrons. The van der Waals surface area contributed by atoms with Gasteiger partial charge in [0.1, 0.15) is 6.04 Å². The zero-order valence-electron chi connectivity index (χ0n) is 12.3. The van der Waals surface area contributed by atoms with Gasteiger partial charge in [-0.05, 0) is 43.8 Å². The summed E-state index contributed by atoms with van der Waals surface area (Å²) >= 11 is 1.85. The Morgan fingerprint density at radius 3 is 2.62 bits per heavy atom. The molecular formula is C15H24N2O3S. The first kappa shape index (κ1) is 15.0. The van der Waals surface area contributed by atoms with E-state index in [1.807, 2.05) is 11.8 Å². The number of thioether (sulfide) groups is 1. The Kier molecular flexibility index (Phi) is 4.62. The smallest absolute Gasteiger partial charge is 0.326 e. The zero-order chi connectivity index (χ0) is 14.8. The summed E-state index contributed by atoms with van der Waals surface area (Å²) in [5, 5.41) is 12.6. The molecule has 2 saturated heterocycles. The fraction of sp³-hybridized carbons (Fsp3) is 0.867. The third kappa shape index (κ3) is 3.15. The second kappa shape index (κ2) is 6.46. The van der Waals surface area contributed by atoms with Gasteiger partial charge in [-0.1, -0.05) is 12.8 Å². The molecular weight excluding hydrogens is 288 g/mol. The standard InChI is InChI=1S/C15H24N2O3S/c18-14(19)13-6-5-10-3-1-2-4-12(10)17(13)15(20)16-11-7-8-21-9-11/h10-13H,1-9H2,(H,16,20)(H,18,19). The van der Waals surface area contributed by atoms with E-state index in [0.29, 0.717) is 12.3 Å². The maximum Gasteiger partial charge on any atom is 0.326 e. The number of nitrogens with zero attached hydrogens (tertiary/aromatic N) is 1. The number of aliphatic carboxylic acids is 1. The van der Waals surface area contributed by atoms with Crippen LogP contribution >= 0.6 is 11.8 Å². The molecule has 3 fully saturated rings. The van der Waals surface area contributed by atoms with Crippen molar-refractivity contribution in [2.24, 2.45) is 5.92 Å². The molecule has 4 unspecified atom stereocenters. The molecule has 2 N–H and O–H groups in total. The minimum atomic E-state index is -0.852. The molecule has 1 aliphatic carbocycles. The van der Waals surface area contributed by atoms with Crippen LogP contribution in [0, 0.1) is 5.92 Å². The monoisotopic (exact) mass is 312 g/mol. The van der Waals surface area contributed by atoms with Crippen molar-refractivity contribution in [3.63, 3.8) is 0 Å². The predicted molar refractivity (Wildman–Crippen MR) is 82.5 cm³/mol. The highest BCUT2D eigenvalue weighted by atomic mass is 32.2. The number of piperidine rings is 1. The summed E-state index contributed by atoms with van der Waals surface area (Å²) in [6, 6.07) is -0.450. The van der Waals surface area contributed by atoms with Crippen LogP contribution in [0.1, 0.15) is 44.9 Å². The Labute approximate surface area is 129 Å². The number of carbonyl (C=O) groups excluding carboxylic acids is 1. The highest BCUT2D eigenvalue weighted by Crippen LogP contribution is 2.38. The van der Waals surface area contributed by atoms with E-state index in [4.69, 9.17) is 0 Å². The second-order valence-corrected chi connectivity index (χ2v) is 7.61. The fourth-order valence-electron chi connectivity index (χ4n) is 4.07. The predicted octanol–water partition coefficient (Wildman–Crippen LogP) is 2.31. The van der Waals surface area contributed by atoms with Crippen molar-refractivity contribution in [1.82, 2.24) is 10.2 Å². The first-order chi connectivity index (χ1) is 10.2. The number of hydrogen-bond acceptors (Lipinski definition) is 3. The van der Waals surface area contributed by atoms with Crippen molar-refractivity contribution < 1.29 is 14.7 Å². The van der Waals surface area contributed by atoms with Crippen LogP contribution in [0.5, 0.6) is 0 Å². The van der Waals surface area contributed by atoms with Gasteiger partial charge in [0.2, 0.25) is 0 Å². The maximum atomic E-state index is 12.7. The third-order valence-corrected chi connectivity index (χ3v) is 6.31. The highest BCUT2D eigenvalue weighted by Gasteiger charge is 2.44. The maximum absolute atomic E-state index is 12.7. The molecule has 3 aliphatic rings. The molecule has 2 aliphatic heterocycles.